The van der Waals surface area contributed by atoms with Crippen molar-refractivity contribution in [1.82, 2.24) is 0 Å². The molecule has 2 rings (SSSR count). The average molecular weight is 367 g/mol. The first kappa shape index (κ1) is 19.1. The number of aliphatic carboxylic acids is 1. The molecule has 0 spiro atoms. The summed E-state index contributed by atoms with van der Waals surface area (Å²) < 4.78 is 10.9. The van der Waals surface area contributed by atoms with Crippen LogP contribution in [0.5, 0.6) is 0 Å². The number of esters is 1. The first-order chi connectivity index (χ1) is 11.8. The maximum absolute atomic E-state index is 12.4. The zero-order valence-electron chi connectivity index (χ0n) is 14.3. The number of fused-ring (bicyclic) bond motifs is 1. The van der Waals surface area contributed by atoms with Crippen molar-refractivity contribution in [3.63, 3.8) is 0 Å². The lowest BCUT2D eigenvalue weighted by Gasteiger charge is -2.26. The number of carboxylic acid groups (broad SMARTS) is 1. The van der Waals surface area contributed by atoms with E-state index in [0.29, 0.717) is 29.5 Å². The number of amides is 1. The van der Waals surface area contributed by atoms with Gasteiger partial charge in [0.1, 0.15) is 5.00 Å². The summed E-state index contributed by atoms with van der Waals surface area (Å²) in [6.45, 7) is 6.40. The van der Waals surface area contributed by atoms with E-state index in [-0.39, 0.29) is 12.7 Å². The molecule has 0 saturated heterocycles. The van der Waals surface area contributed by atoms with Crippen molar-refractivity contribution in [3.8, 4) is 0 Å². The molecule has 1 aromatic rings. The topological polar surface area (TPSA) is 102 Å². The van der Waals surface area contributed by atoms with E-state index in [0.717, 1.165) is 22.6 Å². The molecule has 0 fully saturated rings. The Morgan fingerprint density at radius 1 is 1.40 bits per heavy atom. The number of carboxylic acids is 1. The van der Waals surface area contributed by atoms with Crippen LogP contribution < -0.4 is 5.32 Å². The molecular weight excluding hydrogens is 346 g/mol. The molecule has 1 amide bonds. The van der Waals surface area contributed by atoms with Gasteiger partial charge in [0.15, 0.2) is 0 Å². The van der Waals surface area contributed by atoms with Gasteiger partial charge in [0, 0.05) is 23.5 Å². The van der Waals surface area contributed by atoms with Crippen molar-refractivity contribution < 1.29 is 29.0 Å². The lowest BCUT2D eigenvalue weighted by atomic mass is 9.94. The Balaban J connectivity index is 2.35. The van der Waals surface area contributed by atoms with E-state index in [1.54, 1.807) is 6.92 Å². The highest BCUT2D eigenvalue weighted by molar-refractivity contribution is 7.17. The van der Waals surface area contributed by atoms with Crippen LogP contribution in [0.1, 0.15) is 41.6 Å². The molecular formula is C17H21NO6S. The Bertz CT molecular complexity index is 706. The summed E-state index contributed by atoms with van der Waals surface area (Å²) in [4.78, 5) is 35.7. The van der Waals surface area contributed by atoms with Gasteiger partial charge in [0.05, 0.1) is 24.9 Å². The molecule has 1 aromatic heterocycles. The van der Waals surface area contributed by atoms with Gasteiger partial charge in [-0.3, -0.25) is 4.79 Å². The molecule has 7 nitrogen and oxygen atoms in total. The highest BCUT2D eigenvalue weighted by atomic mass is 32.1. The maximum atomic E-state index is 12.4. The lowest BCUT2D eigenvalue weighted by molar-refractivity contribution is -0.131. The van der Waals surface area contributed by atoms with Crippen LogP contribution in [0.25, 0.3) is 0 Å². The van der Waals surface area contributed by atoms with Crippen molar-refractivity contribution in [1.29, 1.82) is 0 Å². The molecule has 0 saturated carbocycles. The minimum atomic E-state index is -1.22. The maximum Gasteiger partial charge on any atom is 0.341 e. The van der Waals surface area contributed by atoms with E-state index in [4.69, 9.17) is 14.6 Å². The van der Waals surface area contributed by atoms with Crippen LogP contribution in [0.4, 0.5) is 5.00 Å². The number of hydrogen-bond donors (Lipinski definition) is 2. The first-order valence-corrected chi connectivity index (χ1v) is 8.80. The second kappa shape index (κ2) is 8.26. The normalized spacial score (nSPS) is 16.7. The molecule has 0 aromatic carbocycles. The monoisotopic (exact) mass is 367 g/mol. The molecule has 2 N–H and O–H groups in total. The summed E-state index contributed by atoms with van der Waals surface area (Å²) in [6.07, 6.45) is 2.21. The Labute approximate surface area is 149 Å². The molecule has 25 heavy (non-hydrogen) atoms. The number of hydrogen-bond acceptors (Lipinski definition) is 6. The number of anilines is 1. The summed E-state index contributed by atoms with van der Waals surface area (Å²) in [6, 6.07) is 0. The van der Waals surface area contributed by atoms with Crippen LogP contribution in [0.3, 0.4) is 0 Å². The molecule has 0 radical (unpaired) electrons. The fourth-order valence-electron chi connectivity index (χ4n) is 2.52. The highest BCUT2D eigenvalue weighted by Crippen LogP contribution is 2.39. The van der Waals surface area contributed by atoms with E-state index in [1.807, 2.05) is 13.8 Å². The van der Waals surface area contributed by atoms with E-state index in [9.17, 15) is 14.4 Å². The van der Waals surface area contributed by atoms with Gasteiger partial charge in [-0.05, 0) is 18.4 Å². The quantitative estimate of drug-likeness (QED) is 0.592. The van der Waals surface area contributed by atoms with Crippen LogP contribution >= 0.6 is 11.3 Å². The summed E-state index contributed by atoms with van der Waals surface area (Å²) in [7, 11) is 0. The first-order valence-electron chi connectivity index (χ1n) is 7.98. The standard InChI is InChI=1S/C17H21NO6S/c1-4-23-17(22)15-10-7-11(9(2)3)24-8-12(10)25-16(15)18-13(19)5-6-14(20)21/h5-6,9,11H,4,7-8H2,1-3H3,(H,18,19)(H,20,21). The van der Waals surface area contributed by atoms with Crippen molar-refractivity contribution in [3.05, 3.63) is 28.2 Å². The lowest BCUT2D eigenvalue weighted by Crippen LogP contribution is -2.27. The number of carbonyl (C=O) groups excluding carboxylic acids is 2. The Morgan fingerprint density at radius 3 is 2.72 bits per heavy atom. The van der Waals surface area contributed by atoms with Crippen molar-refractivity contribution in [2.75, 3.05) is 11.9 Å². The molecule has 0 bridgehead atoms. The molecule has 8 heteroatoms. The SMILES string of the molecule is CCOC(=O)c1c(NC(=O)C=CC(=O)O)sc2c1CC(C(C)C)OC2. The number of nitrogens with one attached hydrogen (secondary N) is 1. The van der Waals surface area contributed by atoms with Gasteiger partial charge < -0.3 is 19.9 Å². The van der Waals surface area contributed by atoms with Crippen LogP contribution in [0.2, 0.25) is 0 Å². The third-order valence-electron chi connectivity index (χ3n) is 3.76. The summed E-state index contributed by atoms with van der Waals surface area (Å²) in [5.74, 6) is -2.05. The molecule has 0 aliphatic carbocycles. The number of carbonyl (C=O) groups is 3. The van der Waals surface area contributed by atoms with Crippen molar-refractivity contribution >= 4 is 34.2 Å². The van der Waals surface area contributed by atoms with E-state index in [1.165, 1.54) is 11.3 Å². The molecule has 1 unspecified atom stereocenters. The molecule has 1 aliphatic heterocycles. The number of thiophene rings is 1. The van der Waals surface area contributed by atoms with Crippen LogP contribution in [0.15, 0.2) is 12.2 Å². The summed E-state index contributed by atoms with van der Waals surface area (Å²) in [5.41, 5.74) is 1.18. The Kier molecular flexibility index (Phi) is 6.33. The zero-order valence-corrected chi connectivity index (χ0v) is 15.1. The minimum Gasteiger partial charge on any atom is -0.478 e. The van der Waals surface area contributed by atoms with Gasteiger partial charge in [0.25, 0.3) is 0 Å². The third-order valence-corrected chi connectivity index (χ3v) is 4.88. The molecule has 1 aliphatic rings. The summed E-state index contributed by atoms with van der Waals surface area (Å²) >= 11 is 1.25. The van der Waals surface area contributed by atoms with Crippen molar-refractivity contribution in [2.45, 2.75) is 39.9 Å². The number of rotatable bonds is 6. The van der Waals surface area contributed by atoms with Gasteiger partial charge >= 0.3 is 11.9 Å². The molecule has 136 valence electrons. The fraction of sp³-hybridized carbons (Fsp3) is 0.471. The highest BCUT2D eigenvalue weighted by Gasteiger charge is 2.31. The minimum absolute atomic E-state index is 0.00858. The van der Waals surface area contributed by atoms with Gasteiger partial charge in [-0.2, -0.15) is 0 Å². The van der Waals surface area contributed by atoms with Gasteiger partial charge in [-0.25, -0.2) is 9.59 Å². The third kappa shape index (κ3) is 4.67. The molecule has 1 atom stereocenters. The van der Waals surface area contributed by atoms with Crippen LogP contribution in [-0.4, -0.2) is 35.7 Å². The van der Waals surface area contributed by atoms with Gasteiger partial charge in [-0.15, -0.1) is 11.3 Å². The van der Waals surface area contributed by atoms with Gasteiger partial charge in [-0.1, -0.05) is 13.8 Å². The second-order valence-corrected chi connectivity index (χ2v) is 6.99. The summed E-state index contributed by atoms with van der Waals surface area (Å²) in [5, 5.41) is 11.5. The largest absolute Gasteiger partial charge is 0.478 e. The van der Waals surface area contributed by atoms with E-state index in [2.05, 4.69) is 5.32 Å². The van der Waals surface area contributed by atoms with Gasteiger partial charge in [0.2, 0.25) is 5.91 Å². The van der Waals surface area contributed by atoms with Crippen molar-refractivity contribution in [2.24, 2.45) is 5.92 Å². The predicted octanol–water partition coefficient (Wildman–Crippen LogP) is 2.60. The predicted molar refractivity (Wildman–Crippen MR) is 92.8 cm³/mol. The smallest absolute Gasteiger partial charge is 0.341 e. The average Bonchev–Trinajstić information content (AvgIpc) is 2.89. The fourth-order valence-corrected chi connectivity index (χ4v) is 3.67. The Hall–Kier alpha value is -2.19. The Morgan fingerprint density at radius 2 is 2.12 bits per heavy atom. The van der Waals surface area contributed by atoms with Crippen LogP contribution in [0, 0.1) is 5.92 Å². The van der Waals surface area contributed by atoms with E-state index < -0.39 is 17.8 Å². The second-order valence-electron chi connectivity index (χ2n) is 5.89. The molecule has 2 heterocycles. The zero-order chi connectivity index (χ0) is 18.6. The number of ether oxygens (including phenoxy) is 2. The van der Waals surface area contributed by atoms with Crippen LogP contribution in [-0.2, 0) is 32.1 Å². The van der Waals surface area contributed by atoms with E-state index >= 15 is 0 Å².